The van der Waals surface area contributed by atoms with Crippen LogP contribution in [0.25, 0.3) is 0 Å². The van der Waals surface area contributed by atoms with Crippen LogP contribution < -0.4 is 5.32 Å². The van der Waals surface area contributed by atoms with Gasteiger partial charge in [0.05, 0.1) is 13.2 Å². The quantitative estimate of drug-likeness (QED) is 0.549. The predicted octanol–water partition coefficient (Wildman–Crippen LogP) is 0.613. The number of piperidine rings is 1. The number of hydrogen-bond acceptors (Lipinski definition) is 8. The van der Waals surface area contributed by atoms with Crippen LogP contribution in [0.1, 0.15) is 19.3 Å². The lowest BCUT2D eigenvalue weighted by Crippen LogP contribution is -2.42. The van der Waals surface area contributed by atoms with Gasteiger partial charge in [-0.3, -0.25) is 0 Å². The predicted molar refractivity (Wildman–Crippen MR) is 145 cm³/mol. The normalized spacial score (nSPS) is 23.5. The maximum Gasteiger partial charge on any atom is 0.0594 e. The maximum atomic E-state index is 5.10. The lowest BCUT2D eigenvalue weighted by Gasteiger charge is -2.28. The summed E-state index contributed by atoms with van der Waals surface area (Å²) < 4.78 is 5.10. The molecule has 4 saturated heterocycles. The molecule has 4 aliphatic rings. The van der Waals surface area contributed by atoms with E-state index in [1.165, 1.54) is 71.6 Å². The van der Waals surface area contributed by atoms with Crippen molar-refractivity contribution >= 4 is 0 Å². The second kappa shape index (κ2) is 22.2. The lowest BCUT2D eigenvalue weighted by molar-refractivity contribution is 0.0503. The van der Waals surface area contributed by atoms with E-state index >= 15 is 0 Å². The third-order valence-corrected chi connectivity index (χ3v) is 5.88. The van der Waals surface area contributed by atoms with E-state index in [0.29, 0.717) is 0 Å². The van der Waals surface area contributed by atoms with Gasteiger partial charge in [-0.15, -0.1) is 0 Å². The van der Waals surface area contributed by atoms with E-state index < -0.39 is 0 Å². The fourth-order valence-electron chi connectivity index (χ4n) is 3.39. The van der Waals surface area contributed by atoms with E-state index in [1.807, 2.05) is 26.0 Å². The summed E-state index contributed by atoms with van der Waals surface area (Å²) in [5, 5.41) is 3.27. The zero-order valence-corrected chi connectivity index (χ0v) is 23.6. The van der Waals surface area contributed by atoms with Gasteiger partial charge in [-0.1, -0.05) is 6.42 Å². The molecule has 0 bridgehead atoms. The molecule has 0 radical (unpaired) electrons. The molecule has 0 aromatic rings. The SMILES string of the molecule is CN(C)C.CN1CCCCC1.CN1CCN(C)CC1.CN1CCNCC1.CN1CCOCC1. The summed E-state index contributed by atoms with van der Waals surface area (Å²) in [7, 11) is 16.8. The first-order chi connectivity index (χ1) is 15.7. The van der Waals surface area contributed by atoms with Crippen LogP contribution in [0.2, 0.25) is 0 Å². The van der Waals surface area contributed by atoms with Crippen molar-refractivity contribution in [1.29, 1.82) is 0 Å². The molecule has 0 atom stereocenters. The third-order valence-electron chi connectivity index (χ3n) is 5.88. The highest BCUT2D eigenvalue weighted by molar-refractivity contribution is 4.64. The zero-order valence-electron chi connectivity index (χ0n) is 23.6. The van der Waals surface area contributed by atoms with Crippen LogP contribution in [0.15, 0.2) is 0 Å². The average molecular weight is 474 g/mol. The van der Waals surface area contributed by atoms with Crippen LogP contribution in [0, 0.1) is 0 Å². The van der Waals surface area contributed by atoms with Gasteiger partial charge in [-0.2, -0.15) is 0 Å². The number of ether oxygens (including phenoxy) is 1. The highest BCUT2D eigenvalue weighted by Crippen LogP contribution is 2.04. The number of rotatable bonds is 0. The molecule has 200 valence electrons. The molecule has 33 heavy (non-hydrogen) atoms. The molecule has 0 unspecified atom stereocenters. The van der Waals surface area contributed by atoms with E-state index in [-0.39, 0.29) is 0 Å². The Labute approximate surface area is 207 Å². The molecule has 4 aliphatic heterocycles. The largest absolute Gasteiger partial charge is 0.379 e. The number of nitrogens with zero attached hydrogens (tertiary/aromatic N) is 6. The van der Waals surface area contributed by atoms with Crippen molar-refractivity contribution in [3.63, 3.8) is 0 Å². The maximum absolute atomic E-state index is 5.10. The Morgan fingerprint density at radius 3 is 1.06 bits per heavy atom. The van der Waals surface area contributed by atoms with Crippen molar-refractivity contribution in [3.8, 4) is 0 Å². The minimum Gasteiger partial charge on any atom is -0.379 e. The monoisotopic (exact) mass is 473 g/mol. The van der Waals surface area contributed by atoms with E-state index in [0.717, 1.165) is 39.4 Å². The first-order valence-electron chi connectivity index (χ1n) is 13.0. The molecule has 0 spiro atoms. The van der Waals surface area contributed by atoms with Crippen molar-refractivity contribution in [1.82, 2.24) is 34.7 Å². The van der Waals surface area contributed by atoms with Gasteiger partial charge in [0.2, 0.25) is 0 Å². The molecule has 1 N–H and O–H groups in total. The summed E-state index contributed by atoms with van der Waals surface area (Å²) in [5.41, 5.74) is 0. The van der Waals surface area contributed by atoms with Crippen LogP contribution in [0.5, 0.6) is 0 Å². The Morgan fingerprint density at radius 2 is 0.818 bits per heavy atom. The molecular formula is C25H59N7O. The first-order valence-corrected chi connectivity index (χ1v) is 13.0. The van der Waals surface area contributed by atoms with Crippen LogP contribution >= 0.6 is 0 Å². The second-order valence-electron chi connectivity index (χ2n) is 10.3. The Bertz CT molecular complexity index is 337. The smallest absolute Gasteiger partial charge is 0.0594 e. The van der Waals surface area contributed by atoms with Crippen LogP contribution in [0.4, 0.5) is 0 Å². The van der Waals surface area contributed by atoms with Gasteiger partial charge >= 0.3 is 0 Å². The van der Waals surface area contributed by atoms with Crippen LogP contribution in [-0.4, -0.2) is 178 Å². The summed E-state index contributed by atoms with van der Waals surface area (Å²) in [4.78, 5) is 13.7. The Kier molecular flexibility index (Phi) is 21.9. The number of likely N-dealkylation sites (tertiary alicyclic amines) is 1. The minimum atomic E-state index is 0.913. The molecule has 0 saturated carbocycles. The fourth-order valence-corrected chi connectivity index (χ4v) is 3.39. The number of nitrogens with one attached hydrogen (secondary N) is 1. The average Bonchev–Trinajstić information content (AvgIpc) is 2.78. The van der Waals surface area contributed by atoms with Crippen LogP contribution in [-0.2, 0) is 4.74 Å². The summed E-state index contributed by atoms with van der Waals surface area (Å²) in [6.45, 7) is 16.3. The van der Waals surface area contributed by atoms with Gasteiger partial charge in [0.1, 0.15) is 0 Å². The van der Waals surface area contributed by atoms with Crippen molar-refractivity contribution in [2.45, 2.75) is 19.3 Å². The number of hydrogen-bond donors (Lipinski definition) is 1. The summed E-state index contributed by atoms with van der Waals surface area (Å²) in [6, 6.07) is 0. The number of piperazine rings is 2. The molecule has 8 nitrogen and oxygen atoms in total. The van der Waals surface area contributed by atoms with E-state index in [9.17, 15) is 0 Å². The molecule has 0 aliphatic carbocycles. The molecular weight excluding hydrogens is 414 g/mol. The van der Waals surface area contributed by atoms with E-state index in [1.54, 1.807) is 0 Å². The van der Waals surface area contributed by atoms with Gasteiger partial charge in [0.25, 0.3) is 0 Å². The van der Waals surface area contributed by atoms with Gasteiger partial charge in [-0.25, -0.2) is 0 Å². The standard InChI is InChI=1S/C6H14N2.C6H13N.C5H12N2.C5H11NO.C3H9N/c1-7-3-5-8(2)6-4-7;1-7-5-3-2-4-6-7;1-7-4-2-6-3-5-7;1-6-2-4-7-5-3-6;1-4(2)3/h3-6H2,1-2H3;2-6H2,1H3;6H,2-5H2,1H3;2-5H2,1H3;1-3H3. The zero-order chi connectivity index (χ0) is 24.9. The molecule has 4 rings (SSSR count). The van der Waals surface area contributed by atoms with Gasteiger partial charge in [-0.05, 0) is 82.3 Å². The van der Waals surface area contributed by atoms with Gasteiger partial charge in [0, 0.05) is 65.4 Å². The molecule has 4 heterocycles. The van der Waals surface area contributed by atoms with Gasteiger partial charge in [0.15, 0.2) is 0 Å². The van der Waals surface area contributed by atoms with Gasteiger partial charge < -0.3 is 39.5 Å². The Hall–Kier alpha value is -0.320. The molecule has 4 fully saturated rings. The van der Waals surface area contributed by atoms with Crippen molar-refractivity contribution < 1.29 is 4.74 Å². The molecule has 0 amide bonds. The minimum absolute atomic E-state index is 0.913. The topological polar surface area (TPSA) is 40.7 Å². The summed E-state index contributed by atoms with van der Waals surface area (Å²) in [5.74, 6) is 0. The third kappa shape index (κ3) is 24.6. The van der Waals surface area contributed by atoms with Crippen molar-refractivity contribution in [2.75, 3.05) is 148 Å². The second-order valence-corrected chi connectivity index (χ2v) is 10.3. The number of likely N-dealkylation sites (N-methyl/N-ethyl adjacent to an activating group) is 4. The molecule has 0 aromatic carbocycles. The highest BCUT2D eigenvalue weighted by Gasteiger charge is 2.08. The van der Waals surface area contributed by atoms with Crippen LogP contribution in [0.3, 0.4) is 0 Å². The molecule has 8 heteroatoms. The summed E-state index contributed by atoms with van der Waals surface area (Å²) >= 11 is 0. The molecule has 0 aromatic heterocycles. The Balaban J connectivity index is 0.000000394. The Morgan fingerprint density at radius 1 is 0.485 bits per heavy atom. The van der Waals surface area contributed by atoms with Crippen molar-refractivity contribution in [2.24, 2.45) is 0 Å². The van der Waals surface area contributed by atoms with E-state index in [4.69, 9.17) is 4.74 Å². The first kappa shape index (κ1) is 32.7. The number of morpholine rings is 1. The highest BCUT2D eigenvalue weighted by atomic mass is 16.5. The van der Waals surface area contributed by atoms with E-state index in [2.05, 4.69) is 65.1 Å². The summed E-state index contributed by atoms with van der Waals surface area (Å²) in [6.07, 6.45) is 4.28. The fraction of sp³-hybridized carbons (Fsp3) is 1.00. The van der Waals surface area contributed by atoms with Crippen molar-refractivity contribution in [3.05, 3.63) is 0 Å². The lowest BCUT2D eigenvalue weighted by atomic mass is 10.1.